The number of hydrogen-bond donors (Lipinski definition) is 1. The average Bonchev–Trinajstić information content (AvgIpc) is 3.26. The number of nitrogens with one attached hydrogen (secondary N) is 1. The van der Waals surface area contributed by atoms with Gasteiger partial charge in [0.05, 0.1) is 5.69 Å². The van der Waals surface area contributed by atoms with Gasteiger partial charge in [0.15, 0.2) is 0 Å². The third-order valence-corrected chi connectivity index (χ3v) is 5.59. The van der Waals surface area contributed by atoms with Crippen LogP contribution in [0, 0.1) is 18.8 Å². The molecule has 1 aliphatic heterocycles. The van der Waals surface area contributed by atoms with E-state index in [1.807, 2.05) is 48.5 Å². The van der Waals surface area contributed by atoms with E-state index >= 15 is 0 Å². The van der Waals surface area contributed by atoms with Crippen molar-refractivity contribution in [3.8, 4) is 11.8 Å². The van der Waals surface area contributed by atoms with E-state index in [1.165, 1.54) is 5.56 Å². The van der Waals surface area contributed by atoms with Gasteiger partial charge in [-0.25, -0.2) is 0 Å². The molecule has 2 aromatic carbocycles. The molecule has 2 heterocycles. The highest BCUT2D eigenvalue weighted by Gasteiger charge is 2.15. The number of anilines is 1. The van der Waals surface area contributed by atoms with E-state index in [2.05, 4.69) is 77.3 Å². The Labute approximate surface area is 196 Å². The zero-order valence-corrected chi connectivity index (χ0v) is 19.2. The van der Waals surface area contributed by atoms with Crippen molar-refractivity contribution in [2.75, 3.05) is 11.4 Å². The van der Waals surface area contributed by atoms with E-state index in [4.69, 9.17) is 0 Å². The molecule has 0 saturated carbocycles. The molecular weight excluding hydrogens is 406 g/mol. The van der Waals surface area contributed by atoms with Gasteiger partial charge < -0.3 is 14.8 Å². The van der Waals surface area contributed by atoms with Gasteiger partial charge in [0, 0.05) is 54.1 Å². The summed E-state index contributed by atoms with van der Waals surface area (Å²) in [6.07, 6.45) is 12.4. The molecule has 33 heavy (non-hydrogen) atoms. The second-order valence-electron chi connectivity index (χ2n) is 8.22. The highest BCUT2D eigenvalue weighted by atomic mass is 16.1. The average molecular weight is 436 g/mol. The van der Waals surface area contributed by atoms with Crippen LogP contribution in [-0.4, -0.2) is 17.0 Å². The second kappa shape index (κ2) is 10.6. The van der Waals surface area contributed by atoms with E-state index in [1.54, 1.807) is 0 Å². The molecular formula is C29H29N3O. The normalized spacial score (nSPS) is 12.7. The Kier molecular flexibility index (Phi) is 7.12. The van der Waals surface area contributed by atoms with Gasteiger partial charge in [0.1, 0.15) is 0 Å². The maximum atomic E-state index is 12.8. The standard InChI is InChI=1S/C29H29N3O/c1-23-16-20-31(22-23)18-8-17-30-29(33)27-14-15-28(32-19-7-6-9-24(32)2)26(21-27)13-12-25-10-4-3-5-11-25/h3-5,7,9-11,14-16,19-22H,6,8,17-18H2,1-2H3,(H,30,33). The van der Waals surface area contributed by atoms with Crippen molar-refractivity contribution in [2.24, 2.45) is 0 Å². The molecule has 0 unspecified atom stereocenters. The Bertz CT molecular complexity index is 1240. The van der Waals surface area contributed by atoms with E-state index in [-0.39, 0.29) is 5.91 Å². The van der Waals surface area contributed by atoms with E-state index in [0.717, 1.165) is 41.9 Å². The summed E-state index contributed by atoms with van der Waals surface area (Å²) in [4.78, 5) is 15.0. The number of nitrogens with zero attached hydrogens (tertiary/aromatic N) is 2. The molecule has 4 nitrogen and oxygen atoms in total. The summed E-state index contributed by atoms with van der Waals surface area (Å²) in [5.74, 6) is 6.46. The van der Waals surface area contributed by atoms with Gasteiger partial charge in [0.25, 0.3) is 5.91 Å². The molecule has 1 aliphatic rings. The summed E-state index contributed by atoms with van der Waals surface area (Å²) in [5.41, 5.74) is 5.77. The van der Waals surface area contributed by atoms with Gasteiger partial charge in [-0.3, -0.25) is 4.79 Å². The number of allylic oxidation sites excluding steroid dienone is 3. The zero-order chi connectivity index (χ0) is 23.0. The zero-order valence-electron chi connectivity index (χ0n) is 19.2. The summed E-state index contributed by atoms with van der Waals surface area (Å²) in [7, 11) is 0. The minimum atomic E-state index is -0.0746. The fourth-order valence-corrected chi connectivity index (χ4v) is 3.81. The lowest BCUT2D eigenvalue weighted by molar-refractivity contribution is 0.0952. The molecule has 4 heteroatoms. The van der Waals surface area contributed by atoms with Crippen molar-refractivity contribution in [1.29, 1.82) is 0 Å². The summed E-state index contributed by atoms with van der Waals surface area (Å²) in [6.45, 7) is 5.68. The van der Waals surface area contributed by atoms with Gasteiger partial charge in [-0.1, -0.05) is 42.2 Å². The van der Waals surface area contributed by atoms with Crippen molar-refractivity contribution < 1.29 is 4.79 Å². The molecule has 1 amide bonds. The Balaban J connectivity index is 1.51. The minimum Gasteiger partial charge on any atom is -0.354 e. The highest BCUT2D eigenvalue weighted by molar-refractivity contribution is 5.95. The van der Waals surface area contributed by atoms with Crippen molar-refractivity contribution in [3.05, 3.63) is 113 Å². The fourth-order valence-electron chi connectivity index (χ4n) is 3.81. The van der Waals surface area contributed by atoms with Crippen LogP contribution in [-0.2, 0) is 6.54 Å². The third-order valence-electron chi connectivity index (χ3n) is 5.59. The predicted molar refractivity (Wildman–Crippen MR) is 135 cm³/mol. The van der Waals surface area contributed by atoms with Crippen LogP contribution in [0.4, 0.5) is 5.69 Å². The summed E-state index contributed by atoms with van der Waals surface area (Å²) in [5, 5.41) is 3.05. The molecule has 4 rings (SSSR count). The lowest BCUT2D eigenvalue weighted by atomic mass is 10.0. The van der Waals surface area contributed by atoms with Gasteiger partial charge in [-0.05, 0) is 68.7 Å². The predicted octanol–water partition coefficient (Wildman–Crippen LogP) is 5.64. The number of hydrogen-bond acceptors (Lipinski definition) is 2. The Morgan fingerprint density at radius 2 is 1.91 bits per heavy atom. The first-order valence-electron chi connectivity index (χ1n) is 11.3. The van der Waals surface area contributed by atoms with Gasteiger partial charge in [-0.2, -0.15) is 0 Å². The van der Waals surface area contributed by atoms with E-state index in [9.17, 15) is 4.79 Å². The lowest BCUT2D eigenvalue weighted by Crippen LogP contribution is -2.25. The molecule has 166 valence electrons. The SMILES string of the molecule is CC1=CCC=CN1c1ccc(C(=O)NCCCn2ccc(C)c2)cc1C#Cc1ccccc1. The van der Waals surface area contributed by atoms with E-state index in [0.29, 0.717) is 12.1 Å². The van der Waals surface area contributed by atoms with Crippen LogP contribution in [0.1, 0.15) is 46.8 Å². The molecule has 3 aromatic rings. The largest absolute Gasteiger partial charge is 0.354 e. The topological polar surface area (TPSA) is 37.3 Å². The number of carbonyl (C=O) groups excluding carboxylic acids is 1. The molecule has 0 fully saturated rings. The lowest BCUT2D eigenvalue weighted by Gasteiger charge is -2.25. The second-order valence-corrected chi connectivity index (χ2v) is 8.22. The van der Waals surface area contributed by atoms with Gasteiger partial charge in [0.2, 0.25) is 0 Å². The maximum Gasteiger partial charge on any atom is 0.251 e. The smallest absolute Gasteiger partial charge is 0.251 e. The van der Waals surface area contributed by atoms with Crippen molar-refractivity contribution >= 4 is 11.6 Å². The summed E-state index contributed by atoms with van der Waals surface area (Å²) < 4.78 is 2.15. The number of benzene rings is 2. The Morgan fingerprint density at radius 3 is 2.67 bits per heavy atom. The summed E-state index contributed by atoms with van der Waals surface area (Å²) >= 11 is 0. The van der Waals surface area contributed by atoms with Crippen LogP contribution in [0.2, 0.25) is 0 Å². The monoisotopic (exact) mass is 435 g/mol. The molecule has 0 bridgehead atoms. The molecule has 1 N–H and O–H groups in total. The highest BCUT2D eigenvalue weighted by Crippen LogP contribution is 2.27. The fraction of sp³-hybridized carbons (Fsp3) is 0.207. The molecule has 0 aliphatic carbocycles. The molecule has 1 aromatic heterocycles. The van der Waals surface area contributed by atoms with Crippen LogP contribution in [0.3, 0.4) is 0 Å². The van der Waals surface area contributed by atoms with E-state index < -0.39 is 0 Å². The number of carbonyl (C=O) groups is 1. The van der Waals surface area contributed by atoms with Crippen LogP contribution >= 0.6 is 0 Å². The maximum absolute atomic E-state index is 12.8. The van der Waals surface area contributed by atoms with Crippen LogP contribution in [0.5, 0.6) is 0 Å². The van der Waals surface area contributed by atoms with Crippen LogP contribution < -0.4 is 10.2 Å². The minimum absolute atomic E-state index is 0.0746. The first-order chi connectivity index (χ1) is 16.1. The van der Waals surface area contributed by atoms with Gasteiger partial charge in [-0.15, -0.1) is 0 Å². The number of rotatable bonds is 6. The Morgan fingerprint density at radius 1 is 1.06 bits per heavy atom. The first kappa shape index (κ1) is 22.2. The molecule has 0 radical (unpaired) electrons. The van der Waals surface area contributed by atoms with Crippen molar-refractivity contribution in [3.63, 3.8) is 0 Å². The summed E-state index contributed by atoms with van der Waals surface area (Å²) in [6, 6.07) is 17.8. The molecule has 0 spiro atoms. The number of aromatic nitrogens is 1. The number of amides is 1. The molecule has 0 atom stereocenters. The first-order valence-corrected chi connectivity index (χ1v) is 11.3. The molecule has 0 saturated heterocycles. The van der Waals surface area contributed by atoms with Crippen molar-refractivity contribution in [2.45, 2.75) is 33.2 Å². The van der Waals surface area contributed by atoms with Gasteiger partial charge >= 0.3 is 0 Å². The van der Waals surface area contributed by atoms with Crippen LogP contribution in [0.15, 0.2) is 91.0 Å². The number of aryl methyl sites for hydroxylation is 2. The quantitative estimate of drug-likeness (QED) is 0.402. The third kappa shape index (κ3) is 5.84. The van der Waals surface area contributed by atoms with Crippen molar-refractivity contribution in [1.82, 2.24) is 9.88 Å². The Hall–Kier alpha value is -3.97. The van der Waals surface area contributed by atoms with Crippen LogP contribution in [0.25, 0.3) is 0 Å².